The van der Waals surface area contributed by atoms with Gasteiger partial charge in [-0.3, -0.25) is 0 Å². The minimum atomic E-state index is 1.05. The molecule has 0 bridgehead atoms. The summed E-state index contributed by atoms with van der Waals surface area (Å²) >= 11 is 0. The van der Waals surface area contributed by atoms with Gasteiger partial charge in [-0.1, -0.05) is 42.5 Å². The van der Waals surface area contributed by atoms with Gasteiger partial charge in [-0.2, -0.15) is 0 Å². The summed E-state index contributed by atoms with van der Waals surface area (Å²) in [6, 6.07) is 10.7. The van der Waals surface area contributed by atoms with E-state index in [0.29, 0.717) is 0 Å². The first kappa shape index (κ1) is 11.0. The van der Waals surface area contributed by atoms with Crippen LogP contribution in [0, 0.1) is 0 Å². The van der Waals surface area contributed by atoms with Crippen molar-refractivity contribution in [3.05, 3.63) is 59.8 Å². The van der Waals surface area contributed by atoms with Gasteiger partial charge in [0.1, 0.15) is 0 Å². The van der Waals surface area contributed by atoms with Crippen LogP contribution in [0.15, 0.2) is 54.3 Å². The topological polar surface area (TPSA) is 3.24 Å². The van der Waals surface area contributed by atoms with Crippen LogP contribution >= 0.6 is 0 Å². The van der Waals surface area contributed by atoms with Gasteiger partial charge >= 0.3 is 0 Å². The number of rotatable bonds is 4. The number of hydrogen-bond donors (Lipinski definition) is 0. The molecule has 0 amide bonds. The molecule has 16 heavy (non-hydrogen) atoms. The van der Waals surface area contributed by atoms with Gasteiger partial charge in [0.05, 0.1) is 0 Å². The first-order valence-corrected chi connectivity index (χ1v) is 5.97. The van der Waals surface area contributed by atoms with Gasteiger partial charge in [0.2, 0.25) is 0 Å². The third kappa shape index (κ3) is 2.99. The molecular weight excluding hydrogens is 194 g/mol. The van der Waals surface area contributed by atoms with E-state index in [4.69, 9.17) is 0 Å². The summed E-state index contributed by atoms with van der Waals surface area (Å²) in [4.78, 5) is 2.32. The zero-order chi connectivity index (χ0) is 11.2. The first-order chi connectivity index (χ1) is 7.86. The number of benzene rings is 1. The van der Waals surface area contributed by atoms with Crippen LogP contribution in [0.25, 0.3) is 0 Å². The van der Waals surface area contributed by atoms with Crippen molar-refractivity contribution in [3.63, 3.8) is 0 Å². The van der Waals surface area contributed by atoms with Crippen LogP contribution in [0.2, 0.25) is 0 Å². The van der Waals surface area contributed by atoms with Crippen molar-refractivity contribution in [2.75, 3.05) is 13.6 Å². The fraction of sp³-hybridized carbons (Fsp3) is 0.333. The summed E-state index contributed by atoms with van der Waals surface area (Å²) in [5, 5.41) is 0. The molecule has 2 rings (SSSR count). The van der Waals surface area contributed by atoms with Gasteiger partial charge in [0.15, 0.2) is 0 Å². The Morgan fingerprint density at radius 1 is 1.12 bits per heavy atom. The highest BCUT2D eigenvalue weighted by atomic mass is 15.1. The average molecular weight is 213 g/mol. The van der Waals surface area contributed by atoms with Crippen molar-refractivity contribution in [2.45, 2.75) is 19.3 Å². The lowest BCUT2D eigenvalue weighted by molar-refractivity contribution is 0.434. The Kier molecular flexibility index (Phi) is 3.81. The number of hydrogen-bond acceptors (Lipinski definition) is 1. The lowest BCUT2D eigenvalue weighted by atomic mass is 10.1. The molecule has 1 nitrogen and oxygen atoms in total. The molecule has 1 aromatic carbocycles. The molecule has 1 aliphatic heterocycles. The van der Waals surface area contributed by atoms with Gasteiger partial charge in [-0.05, 0) is 30.9 Å². The second kappa shape index (κ2) is 5.55. The van der Waals surface area contributed by atoms with E-state index in [1.165, 1.54) is 30.5 Å². The monoisotopic (exact) mass is 213 g/mol. The summed E-state index contributed by atoms with van der Waals surface area (Å²) in [5.74, 6) is 0. The molecule has 0 N–H and O–H groups in total. The smallest absolute Gasteiger partial charge is 0.0356 e. The quantitative estimate of drug-likeness (QED) is 0.741. The fourth-order valence-corrected chi connectivity index (χ4v) is 2.04. The standard InChI is InChI=1S/C15H19N/c1-16-13-6-5-11-15(16)12-7-10-14-8-3-2-4-9-14/h2-6,8-9,11H,7,10,12-13H2,1H3. The Labute approximate surface area is 98.1 Å². The largest absolute Gasteiger partial charge is 0.374 e. The normalized spacial score (nSPS) is 15.1. The lowest BCUT2D eigenvalue weighted by Gasteiger charge is -2.23. The van der Waals surface area contributed by atoms with E-state index in [0.717, 1.165) is 6.54 Å². The highest BCUT2D eigenvalue weighted by Crippen LogP contribution is 2.15. The van der Waals surface area contributed by atoms with Gasteiger partial charge in [0.25, 0.3) is 0 Å². The highest BCUT2D eigenvalue weighted by molar-refractivity contribution is 5.18. The number of nitrogens with zero attached hydrogens (tertiary/aromatic N) is 1. The predicted octanol–water partition coefficient (Wildman–Crippen LogP) is 3.39. The number of aryl methyl sites for hydroxylation is 1. The molecule has 0 aromatic heterocycles. The van der Waals surface area contributed by atoms with Crippen LogP contribution in [-0.2, 0) is 6.42 Å². The Morgan fingerprint density at radius 3 is 2.69 bits per heavy atom. The highest BCUT2D eigenvalue weighted by Gasteiger charge is 2.05. The molecule has 0 atom stereocenters. The minimum Gasteiger partial charge on any atom is -0.374 e. The molecule has 0 saturated carbocycles. The molecular formula is C15H19N. The summed E-state index contributed by atoms with van der Waals surface area (Å²) in [6.07, 6.45) is 10.2. The van der Waals surface area contributed by atoms with Crippen molar-refractivity contribution in [1.29, 1.82) is 0 Å². The van der Waals surface area contributed by atoms with Gasteiger partial charge in [-0.15, -0.1) is 0 Å². The molecule has 0 saturated heterocycles. The molecule has 1 heterocycles. The van der Waals surface area contributed by atoms with E-state index in [-0.39, 0.29) is 0 Å². The van der Waals surface area contributed by atoms with Crippen molar-refractivity contribution < 1.29 is 0 Å². The molecule has 0 fully saturated rings. The molecule has 1 aliphatic rings. The predicted molar refractivity (Wildman–Crippen MR) is 69.2 cm³/mol. The molecule has 1 heteroatoms. The summed E-state index contributed by atoms with van der Waals surface area (Å²) in [6.45, 7) is 1.05. The van der Waals surface area contributed by atoms with Crippen LogP contribution in [0.4, 0.5) is 0 Å². The Balaban J connectivity index is 1.80. The average Bonchev–Trinajstić information content (AvgIpc) is 2.33. The first-order valence-electron chi connectivity index (χ1n) is 5.97. The maximum absolute atomic E-state index is 2.32. The van der Waals surface area contributed by atoms with Crippen LogP contribution in [0.1, 0.15) is 18.4 Å². The summed E-state index contributed by atoms with van der Waals surface area (Å²) < 4.78 is 0. The SMILES string of the molecule is CN1CC=CC=C1CCCc1ccccc1. The van der Waals surface area contributed by atoms with Crippen molar-refractivity contribution in [3.8, 4) is 0 Å². The van der Waals surface area contributed by atoms with Crippen molar-refractivity contribution in [2.24, 2.45) is 0 Å². The second-order valence-electron chi connectivity index (χ2n) is 4.31. The number of likely N-dealkylation sites (N-methyl/N-ethyl adjacent to an activating group) is 1. The molecule has 84 valence electrons. The van der Waals surface area contributed by atoms with E-state index in [1.807, 2.05) is 0 Å². The van der Waals surface area contributed by atoms with Crippen molar-refractivity contribution >= 4 is 0 Å². The van der Waals surface area contributed by atoms with E-state index in [9.17, 15) is 0 Å². The van der Waals surface area contributed by atoms with Gasteiger partial charge in [0, 0.05) is 19.3 Å². The fourth-order valence-electron chi connectivity index (χ4n) is 2.04. The summed E-state index contributed by atoms with van der Waals surface area (Å²) in [5.41, 5.74) is 2.90. The Morgan fingerprint density at radius 2 is 1.94 bits per heavy atom. The minimum absolute atomic E-state index is 1.05. The second-order valence-corrected chi connectivity index (χ2v) is 4.31. The molecule has 0 unspecified atom stereocenters. The number of allylic oxidation sites excluding steroid dienone is 3. The van der Waals surface area contributed by atoms with Crippen molar-refractivity contribution in [1.82, 2.24) is 4.90 Å². The Bertz CT molecular complexity index is 376. The third-order valence-electron chi connectivity index (χ3n) is 3.04. The zero-order valence-corrected chi connectivity index (χ0v) is 9.89. The van der Waals surface area contributed by atoms with E-state index >= 15 is 0 Å². The van der Waals surface area contributed by atoms with E-state index < -0.39 is 0 Å². The van der Waals surface area contributed by atoms with E-state index in [2.05, 4.69) is 60.5 Å². The van der Waals surface area contributed by atoms with Crippen LogP contribution in [0.3, 0.4) is 0 Å². The third-order valence-corrected chi connectivity index (χ3v) is 3.04. The van der Waals surface area contributed by atoms with Crippen LogP contribution in [-0.4, -0.2) is 18.5 Å². The maximum atomic E-state index is 2.32. The maximum Gasteiger partial charge on any atom is 0.0356 e. The van der Waals surface area contributed by atoms with E-state index in [1.54, 1.807) is 0 Å². The van der Waals surface area contributed by atoms with Gasteiger partial charge in [-0.25, -0.2) is 0 Å². The lowest BCUT2D eigenvalue weighted by Crippen LogP contribution is -2.19. The molecule has 0 spiro atoms. The summed E-state index contributed by atoms with van der Waals surface area (Å²) in [7, 11) is 2.16. The molecule has 1 aromatic rings. The van der Waals surface area contributed by atoms with Gasteiger partial charge < -0.3 is 4.90 Å². The molecule has 0 radical (unpaired) electrons. The Hall–Kier alpha value is -1.50. The zero-order valence-electron chi connectivity index (χ0n) is 9.89. The molecule has 0 aliphatic carbocycles. The van der Waals surface area contributed by atoms with Crippen LogP contribution < -0.4 is 0 Å². The van der Waals surface area contributed by atoms with Crippen LogP contribution in [0.5, 0.6) is 0 Å².